The number of hydrogen-bond donors (Lipinski definition) is 1. The van der Waals surface area contributed by atoms with Gasteiger partial charge in [-0.3, -0.25) is 4.90 Å². The normalized spacial score (nSPS) is 20.6. The zero-order valence-corrected chi connectivity index (χ0v) is 24.4. The molecule has 2 atom stereocenters. The van der Waals surface area contributed by atoms with Crippen LogP contribution in [0.5, 0.6) is 5.75 Å². The summed E-state index contributed by atoms with van der Waals surface area (Å²) in [6, 6.07) is 5.45. The fourth-order valence-corrected chi connectivity index (χ4v) is 6.40. The summed E-state index contributed by atoms with van der Waals surface area (Å²) < 4.78 is 62.0. The van der Waals surface area contributed by atoms with Gasteiger partial charge in [0.25, 0.3) is 5.92 Å². The molecule has 4 heterocycles. The number of likely N-dealkylation sites (tertiary alicyclic amines) is 1. The van der Waals surface area contributed by atoms with E-state index in [1.807, 2.05) is 6.07 Å². The lowest BCUT2D eigenvalue weighted by Gasteiger charge is -2.28. The first-order chi connectivity index (χ1) is 20.4. The average Bonchev–Trinajstić information content (AvgIpc) is 3.50. The van der Waals surface area contributed by atoms with Gasteiger partial charge in [0.05, 0.1) is 25.9 Å². The average molecular weight is 590 g/mol. The quantitative estimate of drug-likeness (QED) is 0.231. The molecule has 0 bridgehead atoms. The Balaban J connectivity index is 1.15. The van der Waals surface area contributed by atoms with Crippen LogP contribution in [0.15, 0.2) is 24.3 Å². The summed E-state index contributed by atoms with van der Waals surface area (Å²) in [7, 11) is 1.64. The van der Waals surface area contributed by atoms with Gasteiger partial charge in [0.1, 0.15) is 23.7 Å². The molecule has 7 nitrogen and oxygen atoms in total. The molecule has 2 saturated heterocycles. The number of alkyl halides is 2. The number of unbranched alkanes of at least 4 members (excludes halogenated alkanes) is 1. The highest BCUT2D eigenvalue weighted by molar-refractivity contribution is 5.63. The van der Waals surface area contributed by atoms with Crippen molar-refractivity contribution < 1.29 is 32.2 Å². The molecule has 0 aliphatic carbocycles. The van der Waals surface area contributed by atoms with Crippen LogP contribution in [0.25, 0.3) is 0 Å². The Bertz CT molecular complexity index is 1190. The zero-order valence-electron chi connectivity index (χ0n) is 24.4. The van der Waals surface area contributed by atoms with E-state index in [0.29, 0.717) is 50.1 Å². The number of aldehydes is 1. The first kappa shape index (κ1) is 30.8. The second-order valence-corrected chi connectivity index (χ2v) is 11.7. The molecule has 3 aliphatic rings. The van der Waals surface area contributed by atoms with Crippen LogP contribution in [-0.4, -0.2) is 68.2 Å². The van der Waals surface area contributed by atoms with Crippen LogP contribution >= 0.6 is 0 Å². The summed E-state index contributed by atoms with van der Waals surface area (Å²) in [6.07, 6.45) is 5.92. The Morgan fingerprint density at radius 2 is 2.05 bits per heavy atom. The molecular formula is C32H42F3N3O4. The molecule has 0 radical (unpaired) electrons. The number of carbonyl (C=O) groups excluding carboxylic acids is 1. The summed E-state index contributed by atoms with van der Waals surface area (Å²) in [5.41, 5.74) is 3.12. The van der Waals surface area contributed by atoms with Gasteiger partial charge in [-0.2, -0.15) is 0 Å². The number of anilines is 1. The summed E-state index contributed by atoms with van der Waals surface area (Å²) in [4.78, 5) is 18.7. The SMILES string of the molecule is COc1cc(CCCCC(F)(F)[C@@H]2CCN([C@H](C=O)c3cc(F)ccc3COC3CCOCC3)C2)nc2c1CCCN2. The van der Waals surface area contributed by atoms with E-state index in [9.17, 15) is 9.18 Å². The summed E-state index contributed by atoms with van der Waals surface area (Å²) in [5, 5.41) is 3.31. The number of rotatable bonds is 13. The number of carbonyl (C=O) groups is 1. The van der Waals surface area contributed by atoms with Crippen LogP contribution in [0, 0.1) is 11.7 Å². The number of aromatic nitrogens is 1. The van der Waals surface area contributed by atoms with Gasteiger partial charge >= 0.3 is 0 Å². The van der Waals surface area contributed by atoms with Gasteiger partial charge in [-0.1, -0.05) is 6.07 Å². The number of methoxy groups -OCH3 is 1. The molecule has 42 heavy (non-hydrogen) atoms. The number of pyridine rings is 1. The van der Waals surface area contributed by atoms with Gasteiger partial charge in [-0.25, -0.2) is 18.2 Å². The van der Waals surface area contributed by atoms with Crippen molar-refractivity contribution in [3.05, 3.63) is 52.5 Å². The number of halogens is 3. The Hall–Kier alpha value is -2.69. The molecule has 0 unspecified atom stereocenters. The van der Waals surface area contributed by atoms with Crippen LogP contribution in [0.2, 0.25) is 0 Å². The van der Waals surface area contributed by atoms with Gasteiger partial charge < -0.3 is 24.3 Å². The largest absolute Gasteiger partial charge is 0.496 e. The van der Waals surface area contributed by atoms with Crippen molar-refractivity contribution in [2.24, 2.45) is 5.92 Å². The van der Waals surface area contributed by atoms with Crippen LogP contribution < -0.4 is 10.1 Å². The third-order valence-electron chi connectivity index (χ3n) is 8.85. The van der Waals surface area contributed by atoms with E-state index in [2.05, 4.69) is 5.32 Å². The Morgan fingerprint density at radius 3 is 2.83 bits per heavy atom. The molecule has 10 heteroatoms. The van der Waals surface area contributed by atoms with Crippen LogP contribution in [0.3, 0.4) is 0 Å². The number of ether oxygens (including phenoxy) is 3. The zero-order chi connectivity index (χ0) is 29.5. The summed E-state index contributed by atoms with van der Waals surface area (Å²) in [5.74, 6) is -2.54. The molecular weight excluding hydrogens is 547 g/mol. The third-order valence-corrected chi connectivity index (χ3v) is 8.85. The first-order valence-corrected chi connectivity index (χ1v) is 15.2. The van der Waals surface area contributed by atoms with Gasteiger partial charge in [-0.05, 0) is 81.2 Å². The second kappa shape index (κ2) is 14.2. The summed E-state index contributed by atoms with van der Waals surface area (Å²) >= 11 is 0. The number of fused-ring (bicyclic) bond motifs is 1. The van der Waals surface area contributed by atoms with Crippen molar-refractivity contribution in [3.8, 4) is 5.75 Å². The molecule has 1 aromatic heterocycles. The van der Waals surface area contributed by atoms with E-state index >= 15 is 8.78 Å². The van der Waals surface area contributed by atoms with E-state index in [0.717, 1.165) is 61.3 Å². The minimum Gasteiger partial charge on any atom is -0.496 e. The lowest BCUT2D eigenvalue weighted by molar-refractivity contribution is -0.113. The molecule has 230 valence electrons. The first-order valence-electron chi connectivity index (χ1n) is 15.2. The topological polar surface area (TPSA) is 72.9 Å². The van der Waals surface area contributed by atoms with Gasteiger partial charge in [0.15, 0.2) is 0 Å². The van der Waals surface area contributed by atoms with Crippen molar-refractivity contribution in [2.75, 3.05) is 45.3 Å². The standard InChI is InChI=1S/C32H42F3N3O4/c1-40-30-18-25(37-31-27(30)6-4-13-36-31)5-2-3-12-32(34,35)23-9-14-38(19-23)29(20-39)28-17-24(33)8-7-22(28)21-42-26-10-15-41-16-11-26/h7-8,17-18,20,23,26,29H,2-6,9-16,19,21H2,1H3,(H,36,37)/t23-,29-/m1/s1. The highest BCUT2D eigenvalue weighted by Gasteiger charge is 2.44. The predicted molar refractivity (Wildman–Crippen MR) is 154 cm³/mol. The number of hydrogen-bond acceptors (Lipinski definition) is 7. The highest BCUT2D eigenvalue weighted by atomic mass is 19.3. The molecule has 0 amide bonds. The maximum atomic E-state index is 15.4. The Kier molecular flexibility index (Phi) is 10.4. The number of aryl methyl sites for hydroxylation is 1. The monoisotopic (exact) mass is 589 g/mol. The van der Waals surface area contributed by atoms with E-state index < -0.39 is 23.7 Å². The van der Waals surface area contributed by atoms with Gasteiger partial charge in [0, 0.05) is 56.0 Å². The summed E-state index contributed by atoms with van der Waals surface area (Å²) in [6.45, 7) is 2.82. The van der Waals surface area contributed by atoms with Gasteiger partial charge in [0.2, 0.25) is 0 Å². The lowest BCUT2D eigenvalue weighted by atomic mass is 9.94. The fraction of sp³-hybridized carbons (Fsp3) is 0.625. The number of nitrogens with zero attached hydrogens (tertiary/aromatic N) is 2. The highest BCUT2D eigenvalue weighted by Crippen LogP contribution is 2.40. The molecule has 1 aromatic carbocycles. The molecule has 5 rings (SSSR count). The van der Waals surface area contributed by atoms with E-state index in [4.69, 9.17) is 19.2 Å². The van der Waals surface area contributed by atoms with E-state index in [-0.39, 0.29) is 32.1 Å². The molecule has 0 spiro atoms. The van der Waals surface area contributed by atoms with Crippen LogP contribution in [-0.2, 0) is 33.7 Å². The van der Waals surface area contributed by atoms with E-state index in [1.54, 1.807) is 18.1 Å². The van der Waals surface area contributed by atoms with Crippen LogP contribution in [0.4, 0.5) is 19.0 Å². The fourth-order valence-electron chi connectivity index (χ4n) is 6.40. The minimum absolute atomic E-state index is 0.0444. The lowest BCUT2D eigenvalue weighted by Crippen LogP contribution is -2.34. The maximum absolute atomic E-state index is 15.4. The minimum atomic E-state index is -2.86. The van der Waals surface area contributed by atoms with Gasteiger partial charge in [-0.15, -0.1) is 0 Å². The smallest absolute Gasteiger partial charge is 0.252 e. The molecule has 3 aliphatic heterocycles. The van der Waals surface area contributed by atoms with Crippen molar-refractivity contribution in [3.63, 3.8) is 0 Å². The Labute approximate surface area is 246 Å². The molecule has 1 N–H and O–H groups in total. The van der Waals surface area contributed by atoms with Crippen molar-refractivity contribution in [2.45, 2.75) is 82.5 Å². The molecule has 0 saturated carbocycles. The third kappa shape index (κ3) is 7.44. The van der Waals surface area contributed by atoms with E-state index in [1.165, 1.54) is 12.1 Å². The van der Waals surface area contributed by atoms with Crippen molar-refractivity contribution in [1.29, 1.82) is 0 Å². The molecule has 2 aromatic rings. The number of benzene rings is 1. The second-order valence-electron chi connectivity index (χ2n) is 11.7. The molecule has 2 fully saturated rings. The van der Waals surface area contributed by atoms with Crippen molar-refractivity contribution >= 4 is 12.1 Å². The number of nitrogens with one attached hydrogen (secondary N) is 1. The van der Waals surface area contributed by atoms with Crippen molar-refractivity contribution in [1.82, 2.24) is 9.88 Å². The predicted octanol–water partition coefficient (Wildman–Crippen LogP) is 5.89. The maximum Gasteiger partial charge on any atom is 0.252 e. The Morgan fingerprint density at radius 1 is 1.21 bits per heavy atom. The van der Waals surface area contributed by atoms with Crippen LogP contribution in [0.1, 0.15) is 73.4 Å².